The first-order chi connectivity index (χ1) is 9.63. The van der Waals surface area contributed by atoms with Crippen molar-refractivity contribution >= 4 is 16.7 Å². The predicted octanol–water partition coefficient (Wildman–Crippen LogP) is 2.02. The predicted molar refractivity (Wildman–Crippen MR) is 81.2 cm³/mol. The molecule has 4 heteroatoms. The van der Waals surface area contributed by atoms with Crippen molar-refractivity contribution in [2.75, 3.05) is 18.8 Å². The number of pyridine rings is 1. The Bertz CT molecular complexity index is 614. The lowest BCUT2D eigenvalue weighted by Gasteiger charge is -2.34. The Hall–Kier alpha value is -1.65. The van der Waals surface area contributed by atoms with E-state index in [0.717, 1.165) is 42.5 Å². The number of nitrogens with zero attached hydrogens (tertiary/aromatic N) is 2. The first kappa shape index (κ1) is 13.3. The maximum atomic E-state index is 9.79. The van der Waals surface area contributed by atoms with Gasteiger partial charge in [-0.2, -0.15) is 0 Å². The molecule has 3 rings (SSSR count). The third-order valence-electron chi connectivity index (χ3n) is 4.17. The normalized spacial score (nSPS) is 24.1. The Morgan fingerprint density at radius 1 is 1.40 bits per heavy atom. The van der Waals surface area contributed by atoms with Crippen LogP contribution in [0.3, 0.4) is 0 Å². The molecule has 4 nitrogen and oxygen atoms in total. The number of hydrogen-bond donors (Lipinski definition) is 2. The van der Waals surface area contributed by atoms with Crippen molar-refractivity contribution in [1.82, 2.24) is 9.88 Å². The maximum Gasteiger partial charge on any atom is 0.128 e. The largest absolute Gasteiger partial charge is 0.393 e. The third-order valence-corrected chi connectivity index (χ3v) is 4.17. The zero-order chi connectivity index (χ0) is 14.1. The Balaban J connectivity index is 1.82. The van der Waals surface area contributed by atoms with Crippen LogP contribution >= 0.6 is 0 Å². The minimum atomic E-state index is -0.168. The summed E-state index contributed by atoms with van der Waals surface area (Å²) in [5, 5.41) is 10.9. The Morgan fingerprint density at radius 3 is 3.00 bits per heavy atom. The van der Waals surface area contributed by atoms with Crippen LogP contribution in [0.4, 0.5) is 5.82 Å². The second kappa shape index (κ2) is 5.38. The zero-order valence-electron chi connectivity index (χ0n) is 11.8. The minimum absolute atomic E-state index is 0.168. The summed E-state index contributed by atoms with van der Waals surface area (Å²) >= 11 is 0. The molecule has 1 aromatic heterocycles. The van der Waals surface area contributed by atoms with Crippen LogP contribution in [-0.2, 0) is 6.54 Å². The second-order valence-electron chi connectivity index (χ2n) is 5.79. The average Bonchev–Trinajstić information content (AvgIpc) is 2.44. The summed E-state index contributed by atoms with van der Waals surface area (Å²) in [6, 6.07) is 10.2. The molecule has 1 fully saturated rings. The van der Waals surface area contributed by atoms with Crippen molar-refractivity contribution in [3.63, 3.8) is 0 Å². The molecule has 0 aliphatic carbocycles. The molecule has 3 N–H and O–H groups in total. The van der Waals surface area contributed by atoms with E-state index in [2.05, 4.69) is 28.9 Å². The van der Waals surface area contributed by atoms with Crippen molar-refractivity contribution in [3.05, 3.63) is 35.9 Å². The van der Waals surface area contributed by atoms with Crippen LogP contribution in [0.15, 0.2) is 30.3 Å². The highest BCUT2D eigenvalue weighted by molar-refractivity contribution is 5.81. The van der Waals surface area contributed by atoms with Gasteiger partial charge in [0.1, 0.15) is 5.82 Å². The van der Waals surface area contributed by atoms with E-state index in [1.54, 1.807) is 0 Å². The smallest absolute Gasteiger partial charge is 0.128 e. The number of nitrogen functional groups attached to an aromatic ring is 1. The zero-order valence-corrected chi connectivity index (χ0v) is 11.8. The van der Waals surface area contributed by atoms with E-state index in [0.29, 0.717) is 11.7 Å². The molecule has 2 unspecified atom stereocenters. The molecule has 2 atom stereocenters. The number of aliphatic hydroxyl groups is 1. The number of piperidine rings is 1. The standard InChI is InChI=1S/C16H21N3O/c1-11-9-19(7-6-15(11)20)10-13-8-12-4-2-3-5-14(12)18-16(13)17/h2-5,8,11,15,20H,6-7,9-10H2,1H3,(H2,17,18). The van der Waals surface area contributed by atoms with E-state index >= 15 is 0 Å². The molecule has 0 radical (unpaired) electrons. The summed E-state index contributed by atoms with van der Waals surface area (Å²) in [5.41, 5.74) is 8.10. The lowest BCUT2D eigenvalue weighted by molar-refractivity contribution is 0.0321. The molecular formula is C16H21N3O. The van der Waals surface area contributed by atoms with Crippen molar-refractivity contribution in [2.24, 2.45) is 5.92 Å². The van der Waals surface area contributed by atoms with Gasteiger partial charge in [0, 0.05) is 30.6 Å². The van der Waals surface area contributed by atoms with Gasteiger partial charge in [-0.1, -0.05) is 25.1 Å². The van der Waals surface area contributed by atoms with Crippen LogP contribution in [-0.4, -0.2) is 34.2 Å². The van der Waals surface area contributed by atoms with Gasteiger partial charge < -0.3 is 10.8 Å². The fourth-order valence-electron chi connectivity index (χ4n) is 2.91. The van der Waals surface area contributed by atoms with E-state index in [1.165, 1.54) is 0 Å². The molecule has 20 heavy (non-hydrogen) atoms. The number of nitrogens with two attached hydrogens (primary N) is 1. The number of rotatable bonds is 2. The van der Waals surface area contributed by atoms with Crippen LogP contribution in [0.1, 0.15) is 18.9 Å². The quantitative estimate of drug-likeness (QED) is 0.877. The summed E-state index contributed by atoms with van der Waals surface area (Å²) in [5.74, 6) is 0.931. The number of aliphatic hydroxyl groups excluding tert-OH is 1. The summed E-state index contributed by atoms with van der Waals surface area (Å²) in [6.45, 7) is 4.73. The molecule has 1 aromatic carbocycles. The molecule has 2 aromatic rings. The van der Waals surface area contributed by atoms with Gasteiger partial charge in [-0.3, -0.25) is 4.90 Å². The van der Waals surface area contributed by atoms with Gasteiger partial charge in [0.2, 0.25) is 0 Å². The number of anilines is 1. The van der Waals surface area contributed by atoms with Gasteiger partial charge in [0.05, 0.1) is 11.6 Å². The summed E-state index contributed by atoms with van der Waals surface area (Å²) in [6.07, 6.45) is 0.667. The van der Waals surface area contributed by atoms with E-state index in [-0.39, 0.29) is 6.10 Å². The molecule has 1 aliphatic rings. The third kappa shape index (κ3) is 2.62. The first-order valence-corrected chi connectivity index (χ1v) is 7.18. The minimum Gasteiger partial charge on any atom is -0.393 e. The average molecular weight is 271 g/mol. The number of hydrogen-bond acceptors (Lipinski definition) is 4. The Morgan fingerprint density at radius 2 is 2.20 bits per heavy atom. The summed E-state index contributed by atoms with van der Waals surface area (Å²) in [4.78, 5) is 6.82. The van der Waals surface area contributed by atoms with Crippen LogP contribution in [0.2, 0.25) is 0 Å². The second-order valence-corrected chi connectivity index (χ2v) is 5.79. The van der Waals surface area contributed by atoms with Crippen LogP contribution in [0.5, 0.6) is 0 Å². The fourth-order valence-corrected chi connectivity index (χ4v) is 2.91. The number of fused-ring (bicyclic) bond motifs is 1. The van der Waals surface area contributed by atoms with Crippen LogP contribution in [0, 0.1) is 5.92 Å². The molecule has 106 valence electrons. The lowest BCUT2D eigenvalue weighted by Crippen LogP contribution is -2.41. The Kier molecular flexibility index (Phi) is 3.59. The highest BCUT2D eigenvalue weighted by Gasteiger charge is 2.24. The van der Waals surface area contributed by atoms with E-state index in [1.807, 2.05) is 18.2 Å². The summed E-state index contributed by atoms with van der Waals surface area (Å²) < 4.78 is 0. The van der Waals surface area contributed by atoms with Crippen LogP contribution < -0.4 is 5.73 Å². The number of para-hydroxylation sites is 1. The van der Waals surface area contributed by atoms with Crippen molar-refractivity contribution in [1.29, 1.82) is 0 Å². The highest BCUT2D eigenvalue weighted by atomic mass is 16.3. The molecule has 1 aliphatic heterocycles. The summed E-state index contributed by atoms with van der Waals surface area (Å²) in [7, 11) is 0. The first-order valence-electron chi connectivity index (χ1n) is 7.18. The van der Waals surface area contributed by atoms with Crippen LogP contribution in [0.25, 0.3) is 10.9 Å². The molecule has 0 bridgehead atoms. The van der Waals surface area contributed by atoms with Crippen molar-refractivity contribution in [2.45, 2.75) is 26.0 Å². The van der Waals surface area contributed by atoms with Crippen molar-refractivity contribution in [3.8, 4) is 0 Å². The number of benzene rings is 1. The molecule has 0 amide bonds. The van der Waals surface area contributed by atoms with Gasteiger partial charge in [-0.25, -0.2) is 4.98 Å². The maximum absolute atomic E-state index is 9.79. The van der Waals surface area contributed by atoms with Gasteiger partial charge in [0.15, 0.2) is 0 Å². The SMILES string of the molecule is CC1CN(Cc2cc3ccccc3nc2N)CCC1O. The monoisotopic (exact) mass is 271 g/mol. The van der Waals surface area contributed by atoms with Gasteiger partial charge in [-0.15, -0.1) is 0 Å². The van der Waals surface area contributed by atoms with Gasteiger partial charge in [-0.05, 0) is 24.5 Å². The highest BCUT2D eigenvalue weighted by Crippen LogP contribution is 2.23. The van der Waals surface area contributed by atoms with E-state index in [9.17, 15) is 5.11 Å². The van der Waals surface area contributed by atoms with E-state index < -0.39 is 0 Å². The van der Waals surface area contributed by atoms with Gasteiger partial charge >= 0.3 is 0 Å². The molecule has 0 saturated carbocycles. The van der Waals surface area contributed by atoms with Gasteiger partial charge in [0.25, 0.3) is 0 Å². The van der Waals surface area contributed by atoms with Crippen molar-refractivity contribution < 1.29 is 5.11 Å². The fraction of sp³-hybridized carbons (Fsp3) is 0.438. The molecule has 2 heterocycles. The molecular weight excluding hydrogens is 250 g/mol. The topological polar surface area (TPSA) is 62.4 Å². The number of aromatic nitrogens is 1. The molecule has 0 spiro atoms. The van der Waals surface area contributed by atoms with E-state index in [4.69, 9.17) is 5.73 Å². The lowest BCUT2D eigenvalue weighted by atomic mass is 9.96. The number of likely N-dealkylation sites (tertiary alicyclic amines) is 1. The molecule has 1 saturated heterocycles. The Labute approximate surface area is 119 Å².